The Labute approximate surface area is 86.5 Å². The first-order chi connectivity index (χ1) is 6.77. The Bertz CT molecular complexity index is 224. The van der Waals surface area contributed by atoms with E-state index in [0.29, 0.717) is 5.92 Å². The zero-order chi connectivity index (χ0) is 9.97. The van der Waals surface area contributed by atoms with E-state index in [4.69, 9.17) is 10.5 Å². The Morgan fingerprint density at radius 3 is 2.93 bits per heavy atom. The smallest absolute Gasteiger partial charge is 0.109 e. The van der Waals surface area contributed by atoms with Gasteiger partial charge in [0.2, 0.25) is 0 Å². The number of hydrogen-bond acceptors (Lipinski definition) is 2. The van der Waals surface area contributed by atoms with Crippen molar-refractivity contribution < 1.29 is 4.74 Å². The van der Waals surface area contributed by atoms with Gasteiger partial charge in [0.05, 0.1) is 12.6 Å². The summed E-state index contributed by atoms with van der Waals surface area (Å²) in [6.45, 7) is 3.19. The highest BCUT2D eigenvalue weighted by molar-refractivity contribution is 5.07. The van der Waals surface area contributed by atoms with Crippen LogP contribution in [0, 0.1) is 11.8 Å². The summed E-state index contributed by atoms with van der Waals surface area (Å²) in [7, 11) is 0. The summed E-state index contributed by atoms with van der Waals surface area (Å²) in [6.07, 6.45) is 8.39. The monoisotopic (exact) mass is 195 g/mol. The van der Waals surface area contributed by atoms with Gasteiger partial charge in [0, 0.05) is 0 Å². The van der Waals surface area contributed by atoms with Crippen LogP contribution in [0.4, 0.5) is 0 Å². The molecule has 1 saturated carbocycles. The predicted molar refractivity (Wildman–Crippen MR) is 57.7 cm³/mol. The van der Waals surface area contributed by atoms with E-state index in [1.54, 1.807) is 0 Å². The second-order valence-corrected chi connectivity index (χ2v) is 4.80. The lowest BCUT2D eigenvalue weighted by Gasteiger charge is -2.25. The molecule has 2 N–H and O–H groups in total. The SMILES string of the molecule is CC1CCC(C(N)C2=CCCCO2)C1. The van der Waals surface area contributed by atoms with Gasteiger partial charge in [0.1, 0.15) is 5.76 Å². The molecule has 3 atom stereocenters. The van der Waals surface area contributed by atoms with E-state index in [-0.39, 0.29) is 6.04 Å². The Morgan fingerprint density at radius 2 is 2.36 bits per heavy atom. The molecule has 14 heavy (non-hydrogen) atoms. The van der Waals surface area contributed by atoms with Crippen molar-refractivity contribution in [2.24, 2.45) is 17.6 Å². The van der Waals surface area contributed by atoms with E-state index in [1.807, 2.05) is 0 Å². The van der Waals surface area contributed by atoms with Crippen LogP contribution in [-0.4, -0.2) is 12.6 Å². The van der Waals surface area contributed by atoms with Gasteiger partial charge in [-0.05, 0) is 43.6 Å². The van der Waals surface area contributed by atoms with Crippen LogP contribution in [0.1, 0.15) is 39.0 Å². The highest BCUT2D eigenvalue weighted by atomic mass is 16.5. The first kappa shape index (κ1) is 10.0. The minimum Gasteiger partial charge on any atom is -0.497 e. The van der Waals surface area contributed by atoms with Crippen molar-refractivity contribution in [3.05, 3.63) is 11.8 Å². The van der Waals surface area contributed by atoms with Gasteiger partial charge in [-0.1, -0.05) is 13.3 Å². The molecule has 1 aliphatic heterocycles. The van der Waals surface area contributed by atoms with Crippen molar-refractivity contribution in [2.75, 3.05) is 6.61 Å². The standard InChI is InChI=1S/C12H21NO/c1-9-5-6-10(8-9)12(13)11-4-2-3-7-14-11/h4,9-10,12H,2-3,5-8,13H2,1H3. The molecule has 1 heterocycles. The number of hydrogen-bond donors (Lipinski definition) is 1. The third kappa shape index (κ3) is 2.11. The number of allylic oxidation sites excluding steroid dienone is 1. The van der Waals surface area contributed by atoms with E-state index < -0.39 is 0 Å². The molecular formula is C12H21NO. The van der Waals surface area contributed by atoms with Crippen LogP contribution in [0.2, 0.25) is 0 Å². The number of rotatable bonds is 2. The molecule has 80 valence electrons. The van der Waals surface area contributed by atoms with Crippen LogP contribution in [-0.2, 0) is 4.74 Å². The molecule has 2 rings (SSSR count). The van der Waals surface area contributed by atoms with Crippen LogP contribution in [0.5, 0.6) is 0 Å². The van der Waals surface area contributed by atoms with E-state index in [2.05, 4.69) is 13.0 Å². The molecule has 0 saturated heterocycles. The van der Waals surface area contributed by atoms with Crippen LogP contribution in [0.3, 0.4) is 0 Å². The van der Waals surface area contributed by atoms with Gasteiger partial charge in [-0.15, -0.1) is 0 Å². The fourth-order valence-corrected chi connectivity index (χ4v) is 2.62. The Balaban J connectivity index is 1.93. The fraction of sp³-hybridized carbons (Fsp3) is 0.833. The van der Waals surface area contributed by atoms with Gasteiger partial charge < -0.3 is 10.5 Å². The molecule has 1 aliphatic carbocycles. The van der Waals surface area contributed by atoms with Gasteiger partial charge in [0.25, 0.3) is 0 Å². The maximum atomic E-state index is 6.22. The van der Waals surface area contributed by atoms with Crippen molar-refractivity contribution >= 4 is 0 Å². The van der Waals surface area contributed by atoms with Crippen molar-refractivity contribution in [3.8, 4) is 0 Å². The Kier molecular flexibility index (Phi) is 3.12. The first-order valence-corrected chi connectivity index (χ1v) is 5.86. The van der Waals surface area contributed by atoms with Crippen molar-refractivity contribution in [1.29, 1.82) is 0 Å². The van der Waals surface area contributed by atoms with Gasteiger partial charge in [-0.25, -0.2) is 0 Å². The summed E-state index contributed by atoms with van der Waals surface area (Å²) in [4.78, 5) is 0. The molecule has 0 bridgehead atoms. The molecule has 1 fully saturated rings. The molecule has 2 heteroatoms. The maximum absolute atomic E-state index is 6.22. The van der Waals surface area contributed by atoms with Gasteiger partial charge in [-0.3, -0.25) is 0 Å². The van der Waals surface area contributed by atoms with Gasteiger partial charge in [0.15, 0.2) is 0 Å². The van der Waals surface area contributed by atoms with Crippen LogP contribution in [0.15, 0.2) is 11.8 Å². The molecule has 0 amide bonds. The quantitative estimate of drug-likeness (QED) is 0.734. The van der Waals surface area contributed by atoms with Crippen molar-refractivity contribution in [2.45, 2.75) is 45.1 Å². The zero-order valence-corrected chi connectivity index (χ0v) is 9.04. The molecule has 0 aromatic carbocycles. The Morgan fingerprint density at radius 1 is 1.50 bits per heavy atom. The molecule has 0 aromatic heterocycles. The number of ether oxygens (including phenoxy) is 1. The van der Waals surface area contributed by atoms with Crippen LogP contribution >= 0.6 is 0 Å². The topological polar surface area (TPSA) is 35.2 Å². The normalized spacial score (nSPS) is 34.9. The third-order valence-electron chi connectivity index (χ3n) is 3.53. The van der Waals surface area contributed by atoms with Crippen molar-refractivity contribution in [3.63, 3.8) is 0 Å². The molecule has 0 aromatic rings. The lowest BCUT2D eigenvalue weighted by molar-refractivity contribution is 0.161. The van der Waals surface area contributed by atoms with E-state index >= 15 is 0 Å². The molecule has 0 spiro atoms. The lowest BCUT2D eigenvalue weighted by Crippen LogP contribution is -2.32. The van der Waals surface area contributed by atoms with Gasteiger partial charge >= 0.3 is 0 Å². The molecule has 2 aliphatic rings. The maximum Gasteiger partial charge on any atom is 0.109 e. The summed E-state index contributed by atoms with van der Waals surface area (Å²) < 4.78 is 5.62. The average Bonchev–Trinajstić information content (AvgIpc) is 2.65. The van der Waals surface area contributed by atoms with Gasteiger partial charge in [-0.2, -0.15) is 0 Å². The minimum absolute atomic E-state index is 0.167. The summed E-state index contributed by atoms with van der Waals surface area (Å²) in [5, 5.41) is 0. The molecule has 0 radical (unpaired) electrons. The van der Waals surface area contributed by atoms with Crippen molar-refractivity contribution in [1.82, 2.24) is 0 Å². The van der Waals surface area contributed by atoms with Crippen LogP contribution < -0.4 is 5.73 Å². The van der Waals surface area contributed by atoms with E-state index in [9.17, 15) is 0 Å². The Hall–Kier alpha value is -0.500. The largest absolute Gasteiger partial charge is 0.497 e. The lowest BCUT2D eigenvalue weighted by atomic mass is 9.95. The van der Waals surface area contributed by atoms with E-state index in [1.165, 1.54) is 19.3 Å². The molecule has 3 unspecified atom stereocenters. The summed E-state index contributed by atoms with van der Waals surface area (Å²) in [6, 6.07) is 0.167. The first-order valence-electron chi connectivity index (χ1n) is 5.86. The highest BCUT2D eigenvalue weighted by Crippen LogP contribution is 2.34. The summed E-state index contributed by atoms with van der Waals surface area (Å²) in [5.41, 5.74) is 6.22. The second-order valence-electron chi connectivity index (χ2n) is 4.80. The summed E-state index contributed by atoms with van der Waals surface area (Å²) in [5.74, 6) is 2.58. The van der Waals surface area contributed by atoms with E-state index in [0.717, 1.165) is 31.1 Å². The zero-order valence-electron chi connectivity index (χ0n) is 9.04. The fourth-order valence-electron chi connectivity index (χ4n) is 2.62. The summed E-state index contributed by atoms with van der Waals surface area (Å²) >= 11 is 0. The number of nitrogens with two attached hydrogens (primary N) is 1. The molecular weight excluding hydrogens is 174 g/mol. The minimum atomic E-state index is 0.167. The predicted octanol–water partition coefficient (Wildman–Crippen LogP) is 2.44. The van der Waals surface area contributed by atoms with Crippen LogP contribution in [0.25, 0.3) is 0 Å². The third-order valence-corrected chi connectivity index (χ3v) is 3.53. The molecule has 2 nitrogen and oxygen atoms in total. The average molecular weight is 195 g/mol. The highest BCUT2D eigenvalue weighted by Gasteiger charge is 2.29. The second kappa shape index (κ2) is 4.35.